The molecular formula is C20H19N5O10S. The Labute approximate surface area is 205 Å². The Morgan fingerprint density at radius 1 is 1.08 bits per heavy atom. The Morgan fingerprint density at radius 3 is 2.33 bits per heavy atom. The molecule has 1 atom stereocenters. The van der Waals surface area contributed by atoms with Crippen molar-refractivity contribution >= 4 is 38.4 Å². The van der Waals surface area contributed by atoms with E-state index in [-0.39, 0.29) is 12.3 Å². The summed E-state index contributed by atoms with van der Waals surface area (Å²) in [5, 5.41) is 34.2. The summed E-state index contributed by atoms with van der Waals surface area (Å²) in [7, 11) is 0. The van der Waals surface area contributed by atoms with E-state index < -0.39 is 47.4 Å². The number of aromatic nitrogens is 1. The summed E-state index contributed by atoms with van der Waals surface area (Å²) in [6, 6.07) is 9.41. The van der Waals surface area contributed by atoms with Gasteiger partial charge in [-0.2, -0.15) is 0 Å². The number of benzene rings is 1. The highest BCUT2D eigenvalue weighted by Crippen LogP contribution is 2.30. The molecule has 0 spiro atoms. The van der Waals surface area contributed by atoms with E-state index in [9.17, 15) is 29.8 Å². The van der Waals surface area contributed by atoms with E-state index in [1.807, 2.05) is 0 Å². The number of pyridine rings is 1. The molecule has 36 heavy (non-hydrogen) atoms. The lowest BCUT2D eigenvalue weighted by molar-refractivity contribution is -0.768. The Bertz CT molecular complexity index is 1180. The van der Waals surface area contributed by atoms with E-state index in [0.717, 1.165) is 10.1 Å². The molecule has 15 nitrogen and oxygen atoms in total. The molecule has 3 N–H and O–H groups in total. The zero-order valence-electron chi connectivity index (χ0n) is 18.3. The molecule has 0 radical (unpaired) electrons. The summed E-state index contributed by atoms with van der Waals surface area (Å²) < 4.78 is 6.33. The molecule has 3 aromatic rings. The molecule has 2 aromatic heterocycles. The predicted octanol–water partition coefficient (Wildman–Crippen LogP) is 2.45. The Morgan fingerprint density at radius 2 is 1.75 bits per heavy atom. The van der Waals surface area contributed by atoms with Gasteiger partial charge in [0, 0.05) is 18.9 Å². The van der Waals surface area contributed by atoms with Gasteiger partial charge in [-0.15, -0.1) is 31.6 Å². The summed E-state index contributed by atoms with van der Waals surface area (Å²) in [4.78, 5) is 57.4. The SMILES string of the molecule is O=C(O)NCC(C(=O)Nc1cc2ccncc2s1)c1ccc(OC(CO[N+](=O)[O-])CO[N+](=O)[O-])cc1. The van der Waals surface area contributed by atoms with Crippen LogP contribution in [-0.4, -0.2) is 58.1 Å². The average Bonchev–Trinajstić information content (AvgIpc) is 3.23. The van der Waals surface area contributed by atoms with Crippen molar-refractivity contribution < 1.29 is 39.3 Å². The first kappa shape index (κ1) is 25.9. The Kier molecular flexibility index (Phi) is 8.71. The van der Waals surface area contributed by atoms with Gasteiger partial charge in [0.1, 0.15) is 25.1 Å². The van der Waals surface area contributed by atoms with Gasteiger partial charge < -0.3 is 30.2 Å². The molecule has 2 amide bonds. The highest BCUT2D eigenvalue weighted by atomic mass is 32.1. The van der Waals surface area contributed by atoms with E-state index >= 15 is 0 Å². The van der Waals surface area contributed by atoms with Crippen LogP contribution in [-0.2, 0) is 14.5 Å². The molecule has 0 bridgehead atoms. The van der Waals surface area contributed by atoms with Crippen molar-refractivity contribution in [3.05, 3.63) is 74.6 Å². The first-order valence-electron chi connectivity index (χ1n) is 10.1. The number of nitrogens with one attached hydrogen (secondary N) is 2. The topological polar surface area (TPSA) is 205 Å². The number of carbonyl (C=O) groups is 2. The number of carbonyl (C=O) groups excluding carboxylic acids is 1. The minimum atomic E-state index is -1.31. The summed E-state index contributed by atoms with van der Waals surface area (Å²) in [6.07, 6.45) is 0.807. The number of rotatable bonds is 13. The zero-order valence-corrected chi connectivity index (χ0v) is 19.1. The number of nitrogens with zero attached hydrogens (tertiary/aromatic N) is 3. The molecule has 0 saturated heterocycles. The van der Waals surface area contributed by atoms with Gasteiger partial charge in [-0.25, -0.2) is 4.79 Å². The van der Waals surface area contributed by atoms with E-state index in [2.05, 4.69) is 25.3 Å². The third kappa shape index (κ3) is 7.66. The maximum atomic E-state index is 13.0. The molecule has 1 unspecified atom stereocenters. The van der Waals surface area contributed by atoms with Gasteiger partial charge in [0.15, 0.2) is 0 Å². The standard InChI is InChI=1S/C20H19N5O10S/c26-19(23-18-7-13-5-6-21-9-17(13)36-18)16(8-22-20(27)28)12-1-3-14(4-2-12)35-15(10-33-24(29)30)11-34-25(31)32/h1-7,9,15-16,22H,8,10-11H2,(H,23,26)(H,27,28). The minimum absolute atomic E-state index is 0.157. The number of anilines is 1. The molecule has 190 valence electrons. The normalized spacial score (nSPS) is 11.5. The number of fused-ring (bicyclic) bond motifs is 1. The Balaban J connectivity index is 1.73. The second-order valence-corrected chi connectivity index (χ2v) is 8.18. The van der Waals surface area contributed by atoms with Crippen molar-refractivity contribution in [2.75, 3.05) is 25.1 Å². The highest BCUT2D eigenvalue weighted by Gasteiger charge is 2.23. The highest BCUT2D eigenvalue weighted by molar-refractivity contribution is 7.22. The van der Waals surface area contributed by atoms with Crippen LogP contribution in [0.15, 0.2) is 48.8 Å². The van der Waals surface area contributed by atoms with Crippen molar-refractivity contribution in [2.24, 2.45) is 0 Å². The van der Waals surface area contributed by atoms with Crippen LogP contribution in [0.5, 0.6) is 5.75 Å². The van der Waals surface area contributed by atoms with Crippen molar-refractivity contribution in [1.29, 1.82) is 0 Å². The molecule has 0 aliphatic heterocycles. The average molecular weight is 521 g/mol. The van der Waals surface area contributed by atoms with E-state index in [4.69, 9.17) is 9.84 Å². The smallest absolute Gasteiger partial charge is 0.404 e. The maximum Gasteiger partial charge on any atom is 0.404 e. The molecular weight excluding hydrogens is 502 g/mol. The van der Waals surface area contributed by atoms with Crippen LogP contribution in [0.3, 0.4) is 0 Å². The van der Waals surface area contributed by atoms with Crippen LogP contribution in [0.4, 0.5) is 9.80 Å². The van der Waals surface area contributed by atoms with Crippen LogP contribution in [0.25, 0.3) is 10.1 Å². The predicted molar refractivity (Wildman–Crippen MR) is 124 cm³/mol. The van der Waals surface area contributed by atoms with E-state index in [1.165, 1.54) is 35.6 Å². The summed E-state index contributed by atoms with van der Waals surface area (Å²) in [5.74, 6) is -1.22. The lowest BCUT2D eigenvalue weighted by Crippen LogP contribution is -2.33. The number of thiophene rings is 1. The lowest BCUT2D eigenvalue weighted by Gasteiger charge is -2.19. The third-order valence-electron chi connectivity index (χ3n) is 4.66. The Hall–Kier alpha value is -4.73. The molecule has 3 rings (SSSR count). The van der Waals surface area contributed by atoms with Gasteiger partial charge in [0.05, 0.1) is 15.6 Å². The van der Waals surface area contributed by atoms with Crippen LogP contribution in [0.2, 0.25) is 0 Å². The van der Waals surface area contributed by atoms with Gasteiger partial charge in [-0.3, -0.25) is 9.78 Å². The molecule has 1 aromatic carbocycles. The number of ether oxygens (including phenoxy) is 1. The fourth-order valence-corrected chi connectivity index (χ4v) is 4.01. The van der Waals surface area contributed by atoms with Crippen LogP contribution < -0.4 is 15.4 Å². The zero-order chi connectivity index (χ0) is 26.1. The molecule has 0 aliphatic carbocycles. The largest absolute Gasteiger partial charge is 0.486 e. The van der Waals surface area contributed by atoms with Gasteiger partial charge in [-0.05, 0) is 35.2 Å². The second kappa shape index (κ2) is 12.1. The maximum absolute atomic E-state index is 13.0. The van der Waals surface area contributed by atoms with E-state index in [0.29, 0.717) is 10.6 Å². The molecule has 2 heterocycles. The van der Waals surface area contributed by atoms with Crippen LogP contribution in [0, 0.1) is 20.2 Å². The monoisotopic (exact) mass is 521 g/mol. The molecule has 0 aliphatic rings. The molecule has 0 saturated carbocycles. The molecule has 0 fully saturated rings. The summed E-state index contributed by atoms with van der Waals surface area (Å²) in [6.45, 7) is -1.47. The van der Waals surface area contributed by atoms with Gasteiger partial charge >= 0.3 is 6.09 Å². The van der Waals surface area contributed by atoms with E-state index in [1.54, 1.807) is 24.5 Å². The number of amides is 2. The summed E-state index contributed by atoms with van der Waals surface area (Å²) >= 11 is 1.31. The van der Waals surface area contributed by atoms with Crippen molar-refractivity contribution in [1.82, 2.24) is 10.3 Å². The van der Waals surface area contributed by atoms with Gasteiger partial charge in [0.25, 0.3) is 10.2 Å². The molecule has 16 heteroatoms. The van der Waals surface area contributed by atoms with Crippen LogP contribution >= 0.6 is 11.3 Å². The van der Waals surface area contributed by atoms with Crippen molar-refractivity contribution in [3.8, 4) is 5.75 Å². The third-order valence-corrected chi connectivity index (χ3v) is 5.66. The quantitative estimate of drug-likeness (QED) is 0.220. The van der Waals surface area contributed by atoms with Crippen LogP contribution in [0.1, 0.15) is 11.5 Å². The fraction of sp³-hybridized carbons (Fsp3) is 0.250. The summed E-state index contributed by atoms with van der Waals surface area (Å²) in [5.41, 5.74) is 0.441. The first-order chi connectivity index (χ1) is 17.2. The van der Waals surface area contributed by atoms with Gasteiger partial charge in [0.2, 0.25) is 5.91 Å². The van der Waals surface area contributed by atoms with Crippen molar-refractivity contribution in [2.45, 2.75) is 12.0 Å². The fourth-order valence-electron chi connectivity index (χ4n) is 3.08. The number of hydrogen-bond acceptors (Lipinski definition) is 11. The second-order valence-electron chi connectivity index (χ2n) is 7.10. The minimum Gasteiger partial charge on any atom is -0.486 e. The number of carboxylic acid groups (broad SMARTS) is 1. The van der Waals surface area contributed by atoms with Crippen molar-refractivity contribution in [3.63, 3.8) is 0 Å². The first-order valence-corrected chi connectivity index (χ1v) is 11.0. The lowest BCUT2D eigenvalue weighted by atomic mass is 9.98. The number of hydrogen-bond donors (Lipinski definition) is 3. The van der Waals surface area contributed by atoms with Gasteiger partial charge in [-0.1, -0.05) is 12.1 Å².